The van der Waals surface area contributed by atoms with Gasteiger partial charge in [0.05, 0.1) is 11.0 Å². The molecule has 2 fully saturated rings. The van der Waals surface area contributed by atoms with Gasteiger partial charge in [-0.05, 0) is 55.5 Å². The largest absolute Gasteiger partial charge is 0.490 e. The van der Waals surface area contributed by atoms with Crippen molar-refractivity contribution in [2.75, 3.05) is 36.4 Å². The molecule has 9 nitrogen and oxygen atoms in total. The van der Waals surface area contributed by atoms with Gasteiger partial charge < -0.3 is 15.0 Å². The lowest BCUT2D eigenvalue weighted by Gasteiger charge is -2.35. The van der Waals surface area contributed by atoms with E-state index in [2.05, 4.69) is 25.1 Å². The second kappa shape index (κ2) is 13.1. The Hall–Kier alpha value is -4.07. The second-order valence-corrected chi connectivity index (χ2v) is 10.7. The number of pyridine rings is 2. The fraction of sp³-hybridized carbons (Fsp3) is 0.448. The Kier molecular flexibility index (Phi) is 9.23. The van der Waals surface area contributed by atoms with Crippen LogP contribution in [0.2, 0.25) is 0 Å². The topological polar surface area (TPSA) is 96.7 Å². The van der Waals surface area contributed by atoms with Gasteiger partial charge in [-0.1, -0.05) is 6.07 Å². The number of anilines is 2. The molecule has 0 atom stereocenters. The average molecular weight is 607 g/mol. The predicted octanol–water partition coefficient (Wildman–Crippen LogP) is 6.47. The molecule has 1 aromatic carbocycles. The van der Waals surface area contributed by atoms with Crippen LogP contribution in [0.1, 0.15) is 48.9 Å². The number of nitrogens with one attached hydrogen (secondary N) is 1. The minimum Gasteiger partial charge on any atom is -0.490 e. The molecule has 0 spiro atoms. The summed E-state index contributed by atoms with van der Waals surface area (Å²) in [6, 6.07) is 9.66. The molecule has 2 aliphatic rings. The molecule has 0 unspecified atom stereocenters. The van der Waals surface area contributed by atoms with Crippen LogP contribution in [-0.4, -0.2) is 58.1 Å². The van der Waals surface area contributed by atoms with E-state index in [1.54, 1.807) is 18.3 Å². The molecule has 3 heterocycles. The van der Waals surface area contributed by atoms with Gasteiger partial charge in [-0.3, -0.25) is 20.0 Å². The number of nitro benzene ring substituents is 1. The molecular formula is C29H31F5N6O3. The van der Waals surface area contributed by atoms with Crippen molar-refractivity contribution >= 4 is 17.2 Å². The summed E-state index contributed by atoms with van der Waals surface area (Å²) in [5, 5.41) is 14.1. The third-order valence-corrected chi connectivity index (χ3v) is 7.74. The van der Waals surface area contributed by atoms with Crippen molar-refractivity contribution < 1.29 is 31.6 Å². The van der Waals surface area contributed by atoms with Gasteiger partial charge in [0.2, 0.25) is 0 Å². The first-order valence-corrected chi connectivity index (χ1v) is 14.0. The maximum absolute atomic E-state index is 13.3. The number of hydrogen-bond acceptors (Lipinski definition) is 8. The molecule has 2 aromatic heterocycles. The highest BCUT2D eigenvalue weighted by Gasteiger charge is 2.38. The molecule has 0 bridgehead atoms. The van der Waals surface area contributed by atoms with Crippen LogP contribution >= 0.6 is 0 Å². The fourth-order valence-electron chi connectivity index (χ4n) is 5.46. The van der Waals surface area contributed by atoms with Crippen molar-refractivity contribution in [1.82, 2.24) is 14.9 Å². The summed E-state index contributed by atoms with van der Waals surface area (Å²) >= 11 is 0. The number of benzene rings is 1. The Labute approximate surface area is 244 Å². The molecule has 43 heavy (non-hydrogen) atoms. The number of nitrogens with zero attached hydrogens (tertiary/aromatic N) is 5. The number of alkyl halides is 5. The van der Waals surface area contributed by atoms with Crippen molar-refractivity contribution in [2.24, 2.45) is 0 Å². The van der Waals surface area contributed by atoms with E-state index in [9.17, 15) is 32.1 Å². The number of halogens is 5. The molecule has 1 saturated carbocycles. The van der Waals surface area contributed by atoms with Crippen LogP contribution < -0.4 is 15.0 Å². The Bertz CT molecular complexity index is 1390. The Morgan fingerprint density at radius 3 is 2.37 bits per heavy atom. The summed E-state index contributed by atoms with van der Waals surface area (Å²) in [4.78, 5) is 22.7. The van der Waals surface area contributed by atoms with Gasteiger partial charge in [0.15, 0.2) is 0 Å². The number of ether oxygens (including phenoxy) is 1. The summed E-state index contributed by atoms with van der Waals surface area (Å²) in [6.07, 6.45) is -1.53. The van der Waals surface area contributed by atoms with Crippen LogP contribution in [0, 0.1) is 10.1 Å². The summed E-state index contributed by atoms with van der Waals surface area (Å²) in [5.74, 6) is 1.49. The maximum atomic E-state index is 13.3. The van der Waals surface area contributed by atoms with Crippen LogP contribution in [0.3, 0.4) is 0 Å². The Balaban J connectivity index is 1.09. The third-order valence-electron chi connectivity index (χ3n) is 7.74. The highest BCUT2D eigenvalue weighted by atomic mass is 19.4. The van der Waals surface area contributed by atoms with Crippen molar-refractivity contribution in [3.8, 4) is 5.75 Å². The van der Waals surface area contributed by atoms with E-state index in [0.717, 1.165) is 49.7 Å². The van der Waals surface area contributed by atoms with Crippen molar-refractivity contribution in [3.05, 3.63) is 81.8 Å². The minimum absolute atomic E-state index is 0.0576. The standard InChI is InChI=1S/C29H31F5N6O3/c30-28(31)25-7-1-19(17-36-25)18-38-11-13-39(14-12-38)27-16-23(9-10-35-27)43-22-5-2-20(3-6-22)37-21-4-8-26(40(41)42)24(15-21)29(32,33)34/h1,4,7-10,15-17,20,22,28,37H,2-3,5-6,11-14,18H2/t20-,22-. The molecule has 14 heteroatoms. The SMILES string of the molecule is O=[N+]([O-])c1ccc(N[C@H]2CC[C@H](Oc3ccnc(N4CCN(Cc5ccc(C(F)F)nc5)CC4)c3)CC2)cc1C(F)(F)F. The zero-order valence-corrected chi connectivity index (χ0v) is 23.1. The molecule has 3 aromatic rings. The first-order valence-electron chi connectivity index (χ1n) is 14.0. The van der Waals surface area contributed by atoms with E-state index in [0.29, 0.717) is 38.0 Å². The van der Waals surface area contributed by atoms with Crippen LogP contribution in [-0.2, 0) is 12.7 Å². The van der Waals surface area contributed by atoms with Gasteiger partial charge in [-0.25, -0.2) is 13.8 Å². The van der Waals surface area contributed by atoms with E-state index in [4.69, 9.17) is 4.74 Å². The molecule has 1 aliphatic heterocycles. The zero-order valence-electron chi connectivity index (χ0n) is 23.1. The van der Waals surface area contributed by atoms with E-state index >= 15 is 0 Å². The van der Waals surface area contributed by atoms with Crippen molar-refractivity contribution in [3.63, 3.8) is 0 Å². The summed E-state index contributed by atoms with van der Waals surface area (Å²) in [7, 11) is 0. The van der Waals surface area contributed by atoms with Gasteiger partial charge in [0.25, 0.3) is 12.1 Å². The van der Waals surface area contributed by atoms with Crippen LogP contribution in [0.4, 0.5) is 39.1 Å². The van der Waals surface area contributed by atoms with Crippen LogP contribution in [0.15, 0.2) is 54.9 Å². The molecule has 230 valence electrons. The Morgan fingerprint density at radius 1 is 1.00 bits per heavy atom. The molecule has 1 N–H and O–H groups in total. The Morgan fingerprint density at radius 2 is 1.74 bits per heavy atom. The first-order chi connectivity index (χ1) is 20.5. The maximum Gasteiger partial charge on any atom is 0.423 e. The lowest BCUT2D eigenvalue weighted by atomic mass is 9.92. The number of aromatic nitrogens is 2. The fourth-order valence-corrected chi connectivity index (χ4v) is 5.46. The molecule has 1 aliphatic carbocycles. The lowest BCUT2D eigenvalue weighted by molar-refractivity contribution is -0.388. The van der Waals surface area contributed by atoms with Gasteiger partial charge in [-0.2, -0.15) is 13.2 Å². The normalized spacial score (nSPS) is 19.8. The molecule has 1 saturated heterocycles. The quantitative estimate of drug-likeness (QED) is 0.168. The number of rotatable bonds is 9. The zero-order chi connectivity index (χ0) is 30.6. The lowest BCUT2D eigenvalue weighted by Crippen LogP contribution is -2.46. The van der Waals surface area contributed by atoms with Crippen molar-refractivity contribution in [1.29, 1.82) is 0 Å². The van der Waals surface area contributed by atoms with E-state index in [-0.39, 0.29) is 23.5 Å². The molecule has 0 amide bonds. The van der Waals surface area contributed by atoms with Gasteiger partial charge >= 0.3 is 6.18 Å². The van der Waals surface area contributed by atoms with Crippen molar-refractivity contribution in [2.45, 2.75) is 57.0 Å². The number of nitro groups is 1. The van der Waals surface area contributed by atoms with Gasteiger partial charge in [0.1, 0.15) is 22.8 Å². The molecule has 5 rings (SSSR count). The minimum atomic E-state index is -4.83. The molecular weight excluding hydrogens is 575 g/mol. The monoisotopic (exact) mass is 606 g/mol. The van der Waals surface area contributed by atoms with Crippen LogP contribution in [0.5, 0.6) is 5.75 Å². The average Bonchev–Trinajstić information content (AvgIpc) is 2.98. The van der Waals surface area contributed by atoms with Gasteiger partial charge in [-0.15, -0.1) is 0 Å². The predicted molar refractivity (Wildman–Crippen MR) is 149 cm³/mol. The highest BCUT2D eigenvalue weighted by Crippen LogP contribution is 2.38. The summed E-state index contributed by atoms with van der Waals surface area (Å²) in [5.41, 5.74) is -1.38. The highest BCUT2D eigenvalue weighted by molar-refractivity contribution is 5.55. The first kappa shape index (κ1) is 30.4. The number of piperazine rings is 1. The van der Waals surface area contributed by atoms with Gasteiger partial charge in [0, 0.05) is 69.0 Å². The van der Waals surface area contributed by atoms with E-state index in [1.165, 1.54) is 18.3 Å². The third kappa shape index (κ3) is 7.86. The van der Waals surface area contributed by atoms with E-state index < -0.39 is 28.8 Å². The molecule has 0 radical (unpaired) electrons. The summed E-state index contributed by atoms with van der Waals surface area (Å²) < 4.78 is 71.7. The number of hydrogen-bond donors (Lipinski definition) is 1. The smallest absolute Gasteiger partial charge is 0.423 e. The van der Waals surface area contributed by atoms with E-state index in [1.807, 2.05) is 6.07 Å². The van der Waals surface area contributed by atoms with Crippen LogP contribution in [0.25, 0.3) is 0 Å². The second-order valence-electron chi connectivity index (χ2n) is 10.7. The summed E-state index contributed by atoms with van der Waals surface area (Å²) in [6.45, 7) is 3.67.